The highest BCUT2D eigenvalue weighted by Crippen LogP contribution is 2.28. The molecule has 0 bridgehead atoms. The van der Waals surface area contributed by atoms with E-state index in [1.54, 1.807) is 31.6 Å². The molecule has 3 rings (SSSR count). The van der Waals surface area contributed by atoms with Gasteiger partial charge in [0.1, 0.15) is 5.69 Å². The van der Waals surface area contributed by atoms with E-state index in [1.807, 2.05) is 18.2 Å². The number of nitrogens with one attached hydrogen (secondary N) is 2. The summed E-state index contributed by atoms with van der Waals surface area (Å²) < 4.78 is 13.1. The van der Waals surface area contributed by atoms with Gasteiger partial charge in [-0.2, -0.15) is 0 Å². The summed E-state index contributed by atoms with van der Waals surface area (Å²) in [5.41, 5.74) is 2.80. The lowest BCUT2D eigenvalue weighted by Crippen LogP contribution is -2.19. The van der Waals surface area contributed by atoms with Gasteiger partial charge < -0.3 is 10.6 Å². The van der Waals surface area contributed by atoms with Gasteiger partial charge >= 0.3 is 0 Å². The topological polar surface area (TPSA) is 84.0 Å². The quantitative estimate of drug-likeness (QED) is 0.758. The predicted octanol–water partition coefficient (Wildman–Crippen LogP) is 2.53. The van der Waals surface area contributed by atoms with E-state index in [2.05, 4.69) is 20.6 Å². The number of thiazole rings is 1. The van der Waals surface area contributed by atoms with Crippen molar-refractivity contribution >= 4 is 49.6 Å². The Bertz CT molecular complexity index is 907. The van der Waals surface area contributed by atoms with E-state index in [9.17, 15) is 9.00 Å². The van der Waals surface area contributed by atoms with E-state index in [4.69, 9.17) is 0 Å². The van der Waals surface area contributed by atoms with Crippen LogP contribution in [0.2, 0.25) is 0 Å². The lowest BCUT2D eigenvalue weighted by Gasteiger charge is -2.07. The normalized spacial score (nSPS) is 12.1. The van der Waals surface area contributed by atoms with Gasteiger partial charge in [-0.25, -0.2) is 4.98 Å². The van der Waals surface area contributed by atoms with Crippen LogP contribution in [-0.4, -0.2) is 33.4 Å². The number of benzene rings is 1. The highest BCUT2D eigenvalue weighted by molar-refractivity contribution is 7.86. The molecule has 0 fully saturated rings. The number of carbonyl (C=O) groups excluding carboxylic acids is 1. The van der Waals surface area contributed by atoms with Crippen LogP contribution in [0.5, 0.6) is 0 Å². The van der Waals surface area contributed by atoms with Gasteiger partial charge in [-0.3, -0.25) is 14.0 Å². The number of fused-ring (bicyclic) bond motifs is 1. The number of hydrogen-bond acceptors (Lipinski definition) is 6. The van der Waals surface area contributed by atoms with Gasteiger partial charge in [-0.15, -0.1) is 11.3 Å². The second-order valence-corrected chi connectivity index (χ2v) is 7.33. The fourth-order valence-corrected chi connectivity index (χ4v) is 3.73. The van der Waals surface area contributed by atoms with Gasteiger partial charge in [0, 0.05) is 30.9 Å². The smallest absolute Gasteiger partial charge is 0.269 e. The summed E-state index contributed by atoms with van der Waals surface area (Å²) in [4.78, 5) is 20.0. The molecule has 1 unspecified atom stereocenters. The minimum atomic E-state index is -1.08. The molecule has 1 atom stereocenters. The van der Waals surface area contributed by atoms with Crippen LogP contribution < -0.4 is 10.6 Å². The van der Waals surface area contributed by atoms with E-state index >= 15 is 0 Å². The first-order chi connectivity index (χ1) is 11.1. The van der Waals surface area contributed by atoms with Crippen molar-refractivity contribution in [2.75, 3.05) is 18.6 Å². The van der Waals surface area contributed by atoms with Crippen LogP contribution in [0, 0.1) is 0 Å². The van der Waals surface area contributed by atoms with Crippen LogP contribution in [0.25, 0.3) is 10.2 Å². The molecule has 2 heterocycles. The van der Waals surface area contributed by atoms with Gasteiger partial charge in [-0.05, 0) is 30.3 Å². The Balaban J connectivity index is 1.89. The summed E-state index contributed by atoms with van der Waals surface area (Å²) in [6.45, 7) is 0. The highest BCUT2D eigenvalue weighted by atomic mass is 32.2. The number of hydrogen-bond donors (Lipinski definition) is 2. The van der Waals surface area contributed by atoms with Gasteiger partial charge in [0.15, 0.2) is 4.34 Å². The zero-order chi connectivity index (χ0) is 16.4. The molecule has 0 aliphatic rings. The van der Waals surface area contributed by atoms with Gasteiger partial charge in [0.25, 0.3) is 5.91 Å². The Morgan fingerprint density at radius 1 is 1.22 bits per heavy atom. The van der Waals surface area contributed by atoms with Crippen molar-refractivity contribution in [1.29, 1.82) is 0 Å². The highest BCUT2D eigenvalue weighted by Gasteiger charge is 2.09. The Labute approximate surface area is 139 Å². The first-order valence-corrected chi connectivity index (χ1v) is 9.13. The Hall–Kier alpha value is -2.32. The fourth-order valence-electron chi connectivity index (χ4n) is 2.03. The molecule has 118 valence electrons. The molecule has 1 aromatic carbocycles. The number of rotatable bonds is 4. The molecule has 8 heteroatoms. The summed E-state index contributed by atoms with van der Waals surface area (Å²) in [7, 11) is 0.485. The summed E-state index contributed by atoms with van der Waals surface area (Å²) >= 11 is 1.41. The molecule has 23 heavy (non-hydrogen) atoms. The van der Waals surface area contributed by atoms with E-state index in [1.165, 1.54) is 11.3 Å². The summed E-state index contributed by atoms with van der Waals surface area (Å²) in [5.74, 6) is -0.235. The molecule has 2 N–H and O–H groups in total. The summed E-state index contributed by atoms with van der Waals surface area (Å²) in [6.07, 6.45) is 3.20. The standard InChI is InChI=1S/C15H14N4O2S2/c1-16-14(20)12-7-10(5-6-17-12)18-9-3-4-11-13(8-9)22-15(19-11)23(2)21/h3-8H,1-2H3,(H,16,20)(H,17,18). The summed E-state index contributed by atoms with van der Waals surface area (Å²) in [6, 6.07) is 9.19. The van der Waals surface area contributed by atoms with Crippen molar-refractivity contribution in [1.82, 2.24) is 15.3 Å². The first kappa shape index (κ1) is 15.6. The molecule has 6 nitrogen and oxygen atoms in total. The van der Waals surface area contributed by atoms with Crippen LogP contribution >= 0.6 is 11.3 Å². The Morgan fingerprint density at radius 2 is 2.00 bits per heavy atom. The largest absolute Gasteiger partial charge is 0.355 e. The number of amides is 1. The Morgan fingerprint density at radius 3 is 2.74 bits per heavy atom. The number of aromatic nitrogens is 2. The first-order valence-electron chi connectivity index (χ1n) is 6.76. The fraction of sp³-hybridized carbons (Fsp3) is 0.133. The molecule has 2 aromatic heterocycles. The third-order valence-electron chi connectivity index (χ3n) is 3.12. The van der Waals surface area contributed by atoms with Crippen molar-refractivity contribution in [3.8, 4) is 0 Å². The lowest BCUT2D eigenvalue weighted by atomic mass is 10.2. The van der Waals surface area contributed by atoms with Crippen LogP contribution in [0.4, 0.5) is 11.4 Å². The third-order valence-corrected chi connectivity index (χ3v) is 5.47. The van der Waals surface area contributed by atoms with Crippen molar-refractivity contribution in [3.05, 3.63) is 42.2 Å². The van der Waals surface area contributed by atoms with Crippen molar-refractivity contribution in [2.24, 2.45) is 0 Å². The monoisotopic (exact) mass is 346 g/mol. The van der Waals surface area contributed by atoms with Crippen molar-refractivity contribution in [2.45, 2.75) is 4.34 Å². The van der Waals surface area contributed by atoms with Crippen molar-refractivity contribution in [3.63, 3.8) is 0 Å². The molecular weight excluding hydrogens is 332 g/mol. The number of pyridine rings is 1. The van der Waals surface area contributed by atoms with E-state index in [0.29, 0.717) is 10.0 Å². The molecule has 3 aromatic rings. The molecule has 0 aliphatic carbocycles. The molecule has 0 spiro atoms. The average molecular weight is 346 g/mol. The van der Waals surface area contributed by atoms with E-state index in [0.717, 1.165) is 21.6 Å². The van der Waals surface area contributed by atoms with Gasteiger partial charge in [0.2, 0.25) is 0 Å². The average Bonchev–Trinajstić information content (AvgIpc) is 2.98. The van der Waals surface area contributed by atoms with E-state index < -0.39 is 10.8 Å². The minimum Gasteiger partial charge on any atom is -0.355 e. The van der Waals surface area contributed by atoms with Crippen LogP contribution in [-0.2, 0) is 10.8 Å². The third kappa shape index (κ3) is 3.38. The maximum absolute atomic E-state index is 11.6. The van der Waals surface area contributed by atoms with Crippen molar-refractivity contribution < 1.29 is 9.00 Å². The number of anilines is 2. The van der Waals surface area contributed by atoms with E-state index in [-0.39, 0.29) is 5.91 Å². The zero-order valence-corrected chi connectivity index (χ0v) is 14.1. The summed E-state index contributed by atoms with van der Waals surface area (Å²) in [5, 5.41) is 5.78. The molecular formula is C15H14N4O2S2. The van der Waals surface area contributed by atoms with Crippen LogP contribution in [0.15, 0.2) is 40.9 Å². The van der Waals surface area contributed by atoms with Gasteiger partial charge in [0.05, 0.1) is 21.0 Å². The molecule has 1 amide bonds. The molecule has 0 saturated heterocycles. The SMILES string of the molecule is CNC(=O)c1cc(Nc2ccc3nc(S(C)=O)sc3c2)ccn1. The lowest BCUT2D eigenvalue weighted by molar-refractivity contribution is 0.0958. The Kier molecular flexibility index (Phi) is 4.35. The minimum absolute atomic E-state index is 0.235. The van der Waals surface area contributed by atoms with Crippen LogP contribution in [0.3, 0.4) is 0 Å². The second kappa shape index (κ2) is 6.43. The maximum Gasteiger partial charge on any atom is 0.269 e. The maximum atomic E-state index is 11.6. The zero-order valence-electron chi connectivity index (χ0n) is 12.5. The van der Waals surface area contributed by atoms with Gasteiger partial charge in [-0.1, -0.05) is 0 Å². The number of nitrogens with zero attached hydrogens (tertiary/aromatic N) is 2. The predicted molar refractivity (Wildman–Crippen MR) is 92.9 cm³/mol. The van der Waals surface area contributed by atoms with Crippen LogP contribution in [0.1, 0.15) is 10.5 Å². The number of carbonyl (C=O) groups is 1. The second-order valence-electron chi connectivity index (χ2n) is 4.75. The molecule has 0 radical (unpaired) electrons. The molecule has 0 saturated carbocycles. The molecule has 0 aliphatic heterocycles.